The Morgan fingerprint density at radius 3 is 2.76 bits per heavy atom. The second-order valence-electron chi connectivity index (χ2n) is 9.61. The number of hydrogen-bond acceptors (Lipinski definition) is 8. The Bertz CT molecular complexity index is 987. The molecule has 0 aliphatic carbocycles. The lowest BCUT2D eigenvalue weighted by Crippen LogP contribution is -2.54. The van der Waals surface area contributed by atoms with Crippen molar-refractivity contribution in [3.8, 4) is 0 Å². The molecule has 12 heteroatoms. The van der Waals surface area contributed by atoms with Gasteiger partial charge in [-0.1, -0.05) is 23.7 Å². The van der Waals surface area contributed by atoms with E-state index in [1.54, 1.807) is 17.8 Å². The van der Waals surface area contributed by atoms with Crippen LogP contribution in [0.5, 0.6) is 0 Å². The molecule has 2 aliphatic heterocycles. The van der Waals surface area contributed by atoms with Gasteiger partial charge < -0.3 is 20.1 Å². The number of aliphatic hydroxyl groups is 3. The number of thiophene rings is 1. The summed E-state index contributed by atoms with van der Waals surface area (Å²) < 4.78 is 35.3. The van der Waals surface area contributed by atoms with Crippen LogP contribution < -0.4 is 0 Å². The molecule has 1 fully saturated rings. The van der Waals surface area contributed by atoms with E-state index in [2.05, 4.69) is 15.2 Å². The summed E-state index contributed by atoms with van der Waals surface area (Å²) in [5.41, 5.74) is -2.86. The van der Waals surface area contributed by atoms with Gasteiger partial charge in [0.15, 0.2) is 5.60 Å². The van der Waals surface area contributed by atoms with E-state index >= 15 is 0 Å². The van der Waals surface area contributed by atoms with Crippen molar-refractivity contribution >= 4 is 22.9 Å². The number of alkyl halides is 2. The van der Waals surface area contributed by atoms with E-state index in [0.717, 1.165) is 5.69 Å². The number of hydrogen-bond donors (Lipinski definition) is 3. The smallest absolute Gasteiger partial charge is 0.273 e. The van der Waals surface area contributed by atoms with E-state index < -0.39 is 29.6 Å². The van der Waals surface area contributed by atoms with Gasteiger partial charge in [-0.2, -0.15) is 0 Å². The molecule has 0 unspecified atom stereocenters. The fourth-order valence-electron chi connectivity index (χ4n) is 4.66. The summed E-state index contributed by atoms with van der Waals surface area (Å²) in [7, 11) is 0. The quantitative estimate of drug-likeness (QED) is 0.529. The largest absolute Gasteiger partial charge is 0.396 e. The summed E-state index contributed by atoms with van der Waals surface area (Å²) in [4.78, 5) is 2.81. The normalized spacial score (nSPS) is 28.6. The highest BCUT2D eigenvalue weighted by Gasteiger charge is 2.54. The summed E-state index contributed by atoms with van der Waals surface area (Å²) >= 11 is 7.37. The first kappa shape index (κ1) is 24.9. The van der Waals surface area contributed by atoms with Crippen LogP contribution in [0.4, 0.5) is 8.78 Å². The summed E-state index contributed by atoms with van der Waals surface area (Å²) in [6.07, 6.45) is -0.0329. The standard InChI is InChI=1S/C21H29ClF2N4O4S/c1-13-6-20(17-15(5-16(22)33-17)21(31,12-32-20)18(23)24)3-4-27(13)7-14-8-28(26-25-14)9-19(2,10-29)11-30/h5,8,13,18,29-31H,3-4,6-7,9-12H2,1-2H3/t13-,20+,21+/m0/s1. The van der Waals surface area contributed by atoms with Gasteiger partial charge in [0, 0.05) is 41.2 Å². The van der Waals surface area contributed by atoms with Gasteiger partial charge in [-0.15, -0.1) is 16.4 Å². The van der Waals surface area contributed by atoms with Crippen molar-refractivity contribution in [2.24, 2.45) is 5.41 Å². The first-order valence-electron chi connectivity index (χ1n) is 10.8. The van der Waals surface area contributed by atoms with E-state index in [0.29, 0.717) is 41.7 Å². The molecule has 2 aliphatic rings. The Kier molecular flexibility index (Phi) is 6.87. The number of piperidine rings is 1. The third-order valence-corrected chi connectivity index (χ3v) is 8.27. The number of halogens is 3. The lowest BCUT2D eigenvalue weighted by atomic mass is 9.78. The van der Waals surface area contributed by atoms with Crippen molar-refractivity contribution in [2.45, 2.75) is 63.4 Å². The zero-order valence-corrected chi connectivity index (χ0v) is 20.1. The first-order valence-corrected chi connectivity index (χ1v) is 12.0. The molecule has 0 amide bonds. The van der Waals surface area contributed by atoms with E-state index in [1.807, 2.05) is 6.92 Å². The molecule has 0 bridgehead atoms. The zero-order chi connectivity index (χ0) is 24.0. The Morgan fingerprint density at radius 1 is 1.39 bits per heavy atom. The predicted octanol–water partition coefficient (Wildman–Crippen LogP) is 2.35. The highest BCUT2D eigenvalue weighted by atomic mass is 35.5. The summed E-state index contributed by atoms with van der Waals surface area (Å²) in [5.74, 6) is 0. The number of ether oxygens (including phenoxy) is 1. The molecule has 4 rings (SSSR count). The summed E-state index contributed by atoms with van der Waals surface area (Å²) in [5, 5.41) is 37.9. The molecule has 0 saturated carbocycles. The second-order valence-corrected chi connectivity index (χ2v) is 11.3. The average Bonchev–Trinajstić information content (AvgIpc) is 3.40. The van der Waals surface area contributed by atoms with E-state index in [9.17, 15) is 24.1 Å². The molecule has 2 aromatic heterocycles. The van der Waals surface area contributed by atoms with Crippen molar-refractivity contribution in [1.82, 2.24) is 19.9 Å². The number of rotatable bonds is 7. The lowest BCUT2D eigenvalue weighted by molar-refractivity contribution is -0.210. The molecule has 8 nitrogen and oxygen atoms in total. The number of nitrogens with zero attached hydrogens (tertiary/aromatic N) is 4. The fraction of sp³-hybridized carbons (Fsp3) is 0.714. The van der Waals surface area contributed by atoms with Crippen molar-refractivity contribution in [3.05, 3.63) is 32.7 Å². The molecule has 1 saturated heterocycles. The molecule has 184 valence electrons. The van der Waals surface area contributed by atoms with Gasteiger partial charge in [-0.05, 0) is 25.8 Å². The topological polar surface area (TPSA) is 104 Å². The number of aliphatic hydroxyl groups excluding tert-OH is 2. The maximum Gasteiger partial charge on any atom is 0.273 e. The van der Waals surface area contributed by atoms with Crippen molar-refractivity contribution < 1.29 is 28.8 Å². The maximum absolute atomic E-state index is 13.7. The van der Waals surface area contributed by atoms with Crippen LogP contribution in [0.25, 0.3) is 0 Å². The van der Waals surface area contributed by atoms with Crippen molar-refractivity contribution in [1.29, 1.82) is 0 Å². The Morgan fingerprint density at radius 2 is 2.12 bits per heavy atom. The molecule has 1 spiro atoms. The van der Waals surface area contributed by atoms with Crippen LogP contribution in [0, 0.1) is 5.41 Å². The molecular weight excluding hydrogens is 478 g/mol. The predicted molar refractivity (Wildman–Crippen MR) is 118 cm³/mol. The van der Waals surface area contributed by atoms with Gasteiger partial charge in [-0.25, -0.2) is 8.78 Å². The highest BCUT2D eigenvalue weighted by Crippen LogP contribution is 2.53. The summed E-state index contributed by atoms with van der Waals surface area (Å²) in [6, 6.07) is 1.50. The maximum atomic E-state index is 13.7. The van der Waals surface area contributed by atoms with Gasteiger partial charge in [0.1, 0.15) is 5.60 Å². The van der Waals surface area contributed by atoms with Crippen molar-refractivity contribution in [3.63, 3.8) is 0 Å². The van der Waals surface area contributed by atoms with Gasteiger partial charge in [0.2, 0.25) is 0 Å². The minimum absolute atomic E-state index is 0.0514. The molecular formula is C21H29ClF2N4O4S. The van der Waals surface area contributed by atoms with E-state index in [-0.39, 0.29) is 24.8 Å². The summed E-state index contributed by atoms with van der Waals surface area (Å²) in [6.45, 7) is 4.54. The number of likely N-dealkylation sites (tertiary alicyclic amines) is 1. The SMILES string of the molecule is C[C@H]1C[C@@]2(CCN1Cc1cn(CC(C)(CO)CO)nn1)OC[C@](O)(C(F)F)c1cc(Cl)sc12. The van der Waals surface area contributed by atoms with Gasteiger partial charge in [-0.3, -0.25) is 9.58 Å². The second kappa shape index (κ2) is 9.10. The average molecular weight is 507 g/mol. The van der Waals surface area contributed by atoms with Crippen LogP contribution in [0.15, 0.2) is 12.3 Å². The van der Waals surface area contributed by atoms with E-state index in [1.165, 1.54) is 17.4 Å². The molecule has 0 radical (unpaired) electrons. The minimum atomic E-state index is -2.97. The van der Waals surface area contributed by atoms with Gasteiger partial charge in [0.25, 0.3) is 6.43 Å². The van der Waals surface area contributed by atoms with Crippen LogP contribution in [-0.2, 0) is 29.0 Å². The molecule has 3 N–H and O–H groups in total. The molecule has 0 aromatic carbocycles. The van der Waals surface area contributed by atoms with E-state index in [4.69, 9.17) is 16.3 Å². The van der Waals surface area contributed by atoms with Crippen LogP contribution >= 0.6 is 22.9 Å². The Balaban J connectivity index is 1.47. The number of aromatic nitrogens is 3. The monoisotopic (exact) mass is 506 g/mol. The number of fused-ring (bicyclic) bond motifs is 2. The molecule has 33 heavy (non-hydrogen) atoms. The first-order chi connectivity index (χ1) is 15.5. The van der Waals surface area contributed by atoms with Crippen LogP contribution in [0.2, 0.25) is 4.34 Å². The van der Waals surface area contributed by atoms with Gasteiger partial charge >= 0.3 is 0 Å². The third-order valence-electron chi connectivity index (χ3n) is 6.82. The van der Waals surface area contributed by atoms with Crippen LogP contribution in [-0.4, -0.2) is 74.0 Å². The molecule has 3 atom stereocenters. The van der Waals surface area contributed by atoms with Gasteiger partial charge in [0.05, 0.1) is 36.4 Å². The lowest BCUT2D eigenvalue weighted by Gasteiger charge is -2.49. The third kappa shape index (κ3) is 4.56. The Hall–Kier alpha value is -1.21. The van der Waals surface area contributed by atoms with Crippen LogP contribution in [0.1, 0.15) is 42.8 Å². The molecule has 4 heterocycles. The van der Waals surface area contributed by atoms with Crippen molar-refractivity contribution in [2.75, 3.05) is 26.4 Å². The zero-order valence-electron chi connectivity index (χ0n) is 18.5. The Labute approximate surface area is 199 Å². The highest BCUT2D eigenvalue weighted by molar-refractivity contribution is 7.16. The van der Waals surface area contributed by atoms with Crippen LogP contribution in [0.3, 0.4) is 0 Å². The molecule has 2 aromatic rings. The fourth-order valence-corrected chi connectivity index (χ4v) is 6.14. The minimum Gasteiger partial charge on any atom is -0.396 e.